The largest absolute Gasteiger partial charge is 0.454 e. The van der Waals surface area contributed by atoms with Gasteiger partial charge in [-0.3, -0.25) is 0 Å². The highest BCUT2D eigenvalue weighted by molar-refractivity contribution is 6.32. The number of hydrogen-bond donors (Lipinski definition) is 1. The van der Waals surface area contributed by atoms with Crippen LogP contribution in [0.3, 0.4) is 0 Å². The molecule has 4 heteroatoms. The zero-order valence-corrected chi connectivity index (χ0v) is 9.04. The summed E-state index contributed by atoms with van der Waals surface area (Å²) in [5.41, 5.74) is 6.16. The lowest BCUT2D eigenvalue weighted by Gasteiger charge is -2.09. The molecule has 2 aromatic rings. The molecule has 2 rings (SSSR count). The number of rotatable bonds is 2. The molecule has 2 aromatic carbocycles. The quantitative estimate of drug-likeness (QED) is 0.805. The zero-order valence-electron chi connectivity index (χ0n) is 8.28. The van der Waals surface area contributed by atoms with E-state index in [1.54, 1.807) is 18.2 Å². The van der Waals surface area contributed by atoms with E-state index in [1.807, 2.05) is 0 Å². The lowest BCUT2D eigenvalue weighted by Crippen LogP contribution is -1.92. The molecule has 0 bridgehead atoms. The molecule has 16 heavy (non-hydrogen) atoms. The van der Waals surface area contributed by atoms with Gasteiger partial charge in [-0.1, -0.05) is 17.7 Å². The van der Waals surface area contributed by atoms with Crippen molar-refractivity contribution in [3.63, 3.8) is 0 Å². The van der Waals surface area contributed by atoms with E-state index in [0.717, 1.165) is 0 Å². The minimum absolute atomic E-state index is 0.320. The smallest absolute Gasteiger partial charge is 0.168 e. The third kappa shape index (κ3) is 2.25. The predicted molar refractivity (Wildman–Crippen MR) is 62.3 cm³/mol. The normalized spacial score (nSPS) is 10.1. The minimum atomic E-state index is -0.320. The van der Waals surface area contributed by atoms with Gasteiger partial charge in [-0.2, -0.15) is 0 Å². The molecule has 82 valence electrons. The lowest BCUT2D eigenvalue weighted by atomic mass is 10.3. The van der Waals surface area contributed by atoms with Crippen molar-refractivity contribution in [1.82, 2.24) is 0 Å². The number of ether oxygens (including phenoxy) is 1. The monoisotopic (exact) mass is 237 g/mol. The van der Waals surface area contributed by atoms with Crippen LogP contribution in [0.5, 0.6) is 11.5 Å². The summed E-state index contributed by atoms with van der Waals surface area (Å²) in [5, 5.41) is 0.421. The second-order valence-electron chi connectivity index (χ2n) is 3.21. The molecule has 0 atom stereocenters. The number of benzene rings is 2. The summed E-state index contributed by atoms with van der Waals surface area (Å²) in [6.45, 7) is 0. The topological polar surface area (TPSA) is 35.2 Å². The maximum Gasteiger partial charge on any atom is 0.168 e. The average Bonchev–Trinajstić information content (AvgIpc) is 2.26. The molecule has 0 radical (unpaired) electrons. The van der Waals surface area contributed by atoms with E-state index >= 15 is 0 Å². The van der Waals surface area contributed by atoms with Gasteiger partial charge in [0.25, 0.3) is 0 Å². The van der Waals surface area contributed by atoms with E-state index in [9.17, 15) is 4.39 Å². The Hall–Kier alpha value is -1.74. The number of para-hydroxylation sites is 1. The minimum Gasteiger partial charge on any atom is -0.454 e. The molecule has 2 N–H and O–H groups in total. The lowest BCUT2D eigenvalue weighted by molar-refractivity contribution is 0.483. The average molecular weight is 238 g/mol. The summed E-state index contributed by atoms with van der Waals surface area (Å²) in [7, 11) is 0. The van der Waals surface area contributed by atoms with Gasteiger partial charge in [-0.25, -0.2) is 4.39 Å². The van der Waals surface area contributed by atoms with Gasteiger partial charge in [0.2, 0.25) is 0 Å². The number of nitrogen functional groups attached to an aromatic ring is 1. The molecule has 0 saturated carbocycles. The molecule has 0 fully saturated rings. The Balaban J connectivity index is 2.30. The van der Waals surface area contributed by atoms with Crippen LogP contribution in [-0.4, -0.2) is 0 Å². The fourth-order valence-corrected chi connectivity index (χ4v) is 1.47. The Kier molecular flexibility index (Phi) is 2.97. The molecule has 0 heterocycles. The van der Waals surface area contributed by atoms with Crippen molar-refractivity contribution >= 4 is 17.3 Å². The zero-order chi connectivity index (χ0) is 11.5. The molecule has 0 aliphatic heterocycles. The van der Waals surface area contributed by atoms with Gasteiger partial charge in [-0.05, 0) is 36.4 Å². The number of halogens is 2. The van der Waals surface area contributed by atoms with Gasteiger partial charge < -0.3 is 10.5 Å². The molecular formula is C12H9ClFNO. The van der Waals surface area contributed by atoms with Crippen LogP contribution >= 0.6 is 11.6 Å². The van der Waals surface area contributed by atoms with Crippen molar-refractivity contribution in [3.8, 4) is 11.5 Å². The molecule has 0 amide bonds. The van der Waals surface area contributed by atoms with Crippen LogP contribution in [-0.2, 0) is 0 Å². The van der Waals surface area contributed by atoms with Gasteiger partial charge >= 0.3 is 0 Å². The van der Waals surface area contributed by atoms with Gasteiger partial charge in [0, 0.05) is 0 Å². The molecule has 0 saturated heterocycles. The van der Waals surface area contributed by atoms with Gasteiger partial charge in [-0.15, -0.1) is 0 Å². The first-order chi connectivity index (χ1) is 7.66. The van der Waals surface area contributed by atoms with Crippen molar-refractivity contribution in [2.24, 2.45) is 0 Å². The highest BCUT2D eigenvalue weighted by Gasteiger charge is 2.06. The molecule has 0 aliphatic rings. The predicted octanol–water partition coefficient (Wildman–Crippen LogP) is 3.85. The molecule has 0 unspecified atom stereocenters. The summed E-state index contributed by atoms with van der Waals surface area (Å²) in [6.07, 6.45) is 0. The third-order valence-corrected chi connectivity index (χ3v) is 2.33. The Morgan fingerprint density at radius 2 is 1.75 bits per heavy atom. The van der Waals surface area contributed by atoms with Crippen molar-refractivity contribution in [2.45, 2.75) is 0 Å². The van der Waals surface area contributed by atoms with Crippen LogP contribution in [0.25, 0.3) is 0 Å². The van der Waals surface area contributed by atoms with Crippen molar-refractivity contribution in [2.75, 3.05) is 5.73 Å². The van der Waals surface area contributed by atoms with Crippen LogP contribution < -0.4 is 10.5 Å². The molecule has 2 nitrogen and oxygen atoms in total. The van der Waals surface area contributed by atoms with E-state index in [0.29, 0.717) is 22.2 Å². The van der Waals surface area contributed by atoms with E-state index < -0.39 is 0 Å². The van der Waals surface area contributed by atoms with E-state index in [1.165, 1.54) is 24.3 Å². The Morgan fingerprint density at radius 1 is 1.06 bits per heavy atom. The molecule has 0 spiro atoms. The van der Waals surface area contributed by atoms with Crippen LogP contribution in [0.2, 0.25) is 5.02 Å². The Labute approximate surface area is 97.4 Å². The number of nitrogens with two attached hydrogens (primary N) is 1. The van der Waals surface area contributed by atoms with Crippen LogP contribution in [0.1, 0.15) is 0 Å². The van der Waals surface area contributed by atoms with Crippen LogP contribution in [0, 0.1) is 5.82 Å². The van der Waals surface area contributed by atoms with E-state index in [-0.39, 0.29) is 5.82 Å². The van der Waals surface area contributed by atoms with Crippen molar-refractivity contribution in [1.29, 1.82) is 0 Å². The standard InChI is InChI=1S/C12H9ClFNO/c13-10-2-1-3-11(15)12(10)16-9-6-4-8(14)5-7-9/h1-7H,15H2. The van der Waals surface area contributed by atoms with Crippen LogP contribution in [0.4, 0.5) is 10.1 Å². The highest BCUT2D eigenvalue weighted by atomic mass is 35.5. The SMILES string of the molecule is Nc1cccc(Cl)c1Oc1ccc(F)cc1. The maximum absolute atomic E-state index is 12.7. The Morgan fingerprint density at radius 3 is 2.38 bits per heavy atom. The second-order valence-corrected chi connectivity index (χ2v) is 3.62. The summed E-state index contributed by atoms with van der Waals surface area (Å²) >= 11 is 5.93. The highest BCUT2D eigenvalue weighted by Crippen LogP contribution is 2.34. The third-order valence-electron chi connectivity index (χ3n) is 2.03. The van der Waals surface area contributed by atoms with Gasteiger partial charge in [0.05, 0.1) is 10.7 Å². The maximum atomic E-state index is 12.7. The van der Waals surface area contributed by atoms with Gasteiger partial charge in [0.15, 0.2) is 5.75 Å². The summed E-state index contributed by atoms with van der Waals surface area (Å²) < 4.78 is 18.1. The second kappa shape index (κ2) is 4.41. The number of hydrogen-bond acceptors (Lipinski definition) is 2. The van der Waals surface area contributed by atoms with Gasteiger partial charge in [0.1, 0.15) is 11.6 Å². The molecule has 0 aromatic heterocycles. The summed E-state index contributed by atoms with van der Waals surface area (Å²) in [6, 6.07) is 10.7. The fourth-order valence-electron chi connectivity index (χ4n) is 1.25. The Bertz CT molecular complexity index is 479. The number of anilines is 1. The van der Waals surface area contributed by atoms with Crippen LogP contribution in [0.15, 0.2) is 42.5 Å². The summed E-state index contributed by atoms with van der Waals surface area (Å²) in [4.78, 5) is 0. The van der Waals surface area contributed by atoms with Crippen molar-refractivity contribution < 1.29 is 9.13 Å². The fraction of sp³-hybridized carbons (Fsp3) is 0. The van der Waals surface area contributed by atoms with Crippen molar-refractivity contribution in [3.05, 3.63) is 53.3 Å². The van der Waals surface area contributed by atoms with E-state index in [4.69, 9.17) is 22.1 Å². The first-order valence-corrected chi connectivity index (χ1v) is 5.02. The first kappa shape index (κ1) is 10.8. The van der Waals surface area contributed by atoms with E-state index in [2.05, 4.69) is 0 Å². The molecule has 0 aliphatic carbocycles. The summed E-state index contributed by atoms with van der Waals surface area (Å²) in [5.74, 6) is 0.552. The molecular weight excluding hydrogens is 229 g/mol. The first-order valence-electron chi connectivity index (χ1n) is 4.64.